The molecule has 0 radical (unpaired) electrons. The Morgan fingerprint density at radius 1 is 0.935 bits per heavy atom. The van der Waals surface area contributed by atoms with E-state index in [-0.39, 0.29) is 5.69 Å². The molecule has 6 nitrogen and oxygen atoms in total. The van der Waals surface area contributed by atoms with E-state index in [4.69, 9.17) is 16.3 Å². The number of carbonyl (C=O) groups excluding carboxylic acids is 1. The lowest BCUT2D eigenvalue weighted by atomic mass is 10.2. The van der Waals surface area contributed by atoms with Crippen molar-refractivity contribution >= 4 is 38.9 Å². The molecule has 0 aliphatic carbocycles. The van der Waals surface area contributed by atoms with Gasteiger partial charge in [0.15, 0.2) is 17.7 Å². The quantitative estimate of drug-likeness (QED) is 0.522. The first kappa shape index (κ1) is 22.5. The summed E-state index contributed by atoms with van der Waals surface area (Å²) >= 11 is 5.81. The molecular formula is C21H17ClF2N2O4S. The normalized spacial score (nSPS) is 12.1. The van der Waals surface area contributed by atoms with Crippen molar-refractivity contribution in [3.8, 4) is 5.75 Å². The number of amides is 1. The van der Waals surface area contributed by atoms with Gasteiger partial charge in [0, 0.05) is 16.4 Å². The monoisotopic (exact) mass is 466 g/mol. The van der Waals surface area contributed by atoms with Gasteiger partial charge >= 0.3 is 0 Å². The van der Waals surface area contributed by atoms with Crippen molar-refractivity contribution in [2.45, 2.75) is 17.9 Å². The number of halogens is 3. The molecule has 0 fully saturated rings. The van der Waals surface area contributed by atoms with Crippen LogP contribution in [-0.2, 0) is 14.8 Å². The van der Waals surface area contributed by atoms with Crippen LogP contribution in [0.15, 0.2) is 71.6 Å². The number of anilines is 2. The first-order chi connectivity index (χ1) is 14.6. The Balaban J connectivity index is 1.62. The van der Waals surface area contributed by atoms with Crippen LogP contribution in [0.1, 0.15) is 6.92 Å². The molecule has 3 aromatic carbocycles. The van der Waals surface area contributed by atoms with Gasteiger partial charge in [-0.2, -0.15) is 0 Å². The van der Waals surface area contributed by atoms with E-state index < -0.39 is 38.6 Å². The molecule has 162 valence electrons. The minimum Gasteiger partial charge on any atom is -0.481 e. The van der Waals surface area contributed by atoms with Gasteiger partial charge in [0.25, 0.3) is 15.9 Å². The number of nitrogens with one attached hydrogen (secondary N) is 2. The minimum absolute atomic E-state index is 0.174. The van der Waals surface area contributed by atoms with Crippen LogP contribution in [-0.4, -0.2) is 20.4 Å². The van der Waals surface area contributed by atoms with E-state index in [1.54, 1.807) is 31.2 Å². The number of benzene rings is 3. The summed E-state index contributed by atoms with van der Waals surface area (Å²) in [7, 11) is -4.11. The second kappa shape index (κ2) is 9.32. The fourth-order valence-electron chi connectivity index (χ4n) is 2.49. The predicted octanol–water partition coefficient (Wildman–Crippen LogP) is 4.83. The molecule has 0 saturated carbocycles. The second-order valence-electron chi connectivity index (χ2n) is 6.46. The van der Waals surface area contributed by atoms with Crippen LogP contribution < -0.4 is 14.8 Å². The van der Waals surface area contributed by atoms with Crippen molar-refractivity contribution in [2.24, 2.45) is 0 Å². The third kappa shape index (κ3) is 5.93. The SMILES string of the molecule is CC(Oc1ccc(Cl)cc1)C(=O)Nc1ccc(NS(=O)(=O)c2ccc(F)c(F)c2)cc1. The molecule has 1 amide bonds. The van der Waals surface area contributed by atoms with E-state index >= 15 is 0 Å². The molecule has 0 bridgehead atoms. The lowest BCUT2D eigenvalue weighted by molar-refractivity contribution is -0.122. The fourth-order valence-corrected chi connectivity index (χ4v) is 3.69. The third-order valence-corrected chi connectivity index (χ3v) is 5.73. The molecule has 0 heterocycles. The van der Waals surface area contributed by atoms with Crippen LogP contribution in [0.4, 0.5) is 20.2 Å². The number of hydrogen-bond donors (Lipinski definition) is 2. The van der Waals surface area contributed by atoms with Crippen molar-refractivity contribution in [3.05, 3.63) is 83.4 Å². The molecule has 3 rings (SSSR count). The van der Waals surface area contributed by atoms with E-state index in [2.05, 4.69) is 10.0 Å². The zero-order chi connectivity index (χ0) is 22.6. The summed E-state index contributed by atoms with van der Waals surface area (Å²) in [6, 6.07) is 14.6. The molecule has 1 atom stereocenters. The van der Waals surface area contributed by atoms with E-state index in [0.29, 0.717) is 22.5 Å². The third-order valence-electron chi connectivity index (χ3n) is 4.10. The van der Waals surface area contributed by atoms with Crippen LogP contribution in [0.2, 0.25) is 5.02 Å². The molecule has 0 aliphatic heterocycles. The van der Waals surface area contributed by atoms with Gasteiger partial charge in [-0.3, -0.25) is 9.52 Å². The zero-order valence-corrected chi connectivity index (χ0v) is 17.7. The Morgan fingerprint density at radius 2 is 1.55 bits per heavy atom. The molecule has 0 spiro atoms. The molecule has 3 aromatic rings. The summed E-state index contributed by atoms with van der Waals surface area (Å²) in [4.78, 5) is 11.9. The molecule has 0 aliphatic rings. The van der Waals surface area contributed by atoms with Gasteiger partial charge in [-0.25, -0.2) is 17.2 Å². The van der Waals surface area contributed by atoms with Crippen molar-refractivity contribution in [2.75, 3.05) is 10.0 Å². The molecular weight excluding hydrogens is 450 g/mol. The van der Waals surface area contributed by atoms with Crippen molar-refractivity contribution < 1.29 is 26.7 Å². The van der Waals surface area contributed by atoms with Gasteiger partial charge in [0.05, 0.1) is 4.90 Å². The van der Waals surface area contributed by atoms with E-state index in [1.807, 2.05) is 0 Å². The Hall–Kier alpha value is -3.17. The summed E-state index contributed by atoms with van der Waals surface area (Å²) in [5, 5.41) is 3.20. The molecule has 10 heteroatoms. The van der Waals surface area contributed by atoms with E-state index in [1.165, 1.54) is 24.3 Å². The molecule has 1 unspecified atom stereocenters. The maximum Gasteiger partial charge on any atom is 0.265 e. The van der Waals surface area contributed by atoms with Crippen LogP contribution in [0.3, 0.4) is 0 Å². The predicted molar refractivity (Wildman–Crippen MR) is 114 cm³/mol. The van der Waals surface area contributed by atoms with Gasteiger partial charge in [0.2, 0.25) is 0 Å². The van der Waals surface area contributed by atoms with Crippen LogP contribution in [0.25, 0.3) is 0 Å². The summed E-state index contributed by atoms with van der Waals surface area (Å²) < 4.78 is 58.8. The number of carbonyl (C=O) groups is 1. The maximum absolute atomic E-state index is 13.3. The fraction of sp³-hybridized carbons (Fsp3) is 0.0952. The van der Waals surface area contributed by atoms with Crippen LogP contribution in [0.5, 0.6) is 5.75 Å². The Kier molecular flexibility index (Phi) is 6.77. The number of hydrogen-bond acceptors (Lipinski definition) is 4. The van der Waals surface area contributed by atoms with Gasteiger partial charge < -0.3 is 10.1 Å². The summed E-state index contributed by atoms with van der Waals surface area (Å²) in [6.07, 6.45) is -0.798. The van der Waals surface area contributed by atoms with Crippen molar-refractivity contribution in [1.82, 2.24) is 0 Å². The van der Waals surface area contributed by atoms with Gasteiger partial charge in [0.1, 0.15) is 5.75 Å². The highest BCUT2D eigenvalue weighted by Crippen LogP contribution is 2.21. The topological polar surface area (TPSA) is 84.5 Å². The lowest BCUT2D eigenvalue weighted by Crippen LogP contribution is -2.30. The Morgan fingerprint density at radius 3 is 2.16 bits per heavy atom. The van der Waals surface area contributed by atoms with Gasteiger partial charge in [-0.05, 0) is 73.7 Å². The summed E-state index contributed by atoms with van der Waals surface area (Å²) in [5.41, 5.74) is 0.584. The van der Waals surface area contributed by atoms with Gasteiger partial charge in [-0.15, -0.1) is 0 Å². The van der Waals surface area contributed by atoms with Gasteiger partial charge in [-0.1, -0.05) is 11.6 Å². The Bertz CT molecular complexity index is 1190. The largest absolute Gasteiger partial charge is 0.481 e. The second-order valence-corrected chi connectivity index (χ2v) is 8.58. The van der Waals surface area contributed by atoms with Crippen molar-refractivity contribution in [1.29, 1.82) is 0 Å². The molecule has 31 heavy (non-hydrogen) atoms. The van der Waals surface area contributed by atoms with E-state index in [0.717, 1.165) is 12.1 Å². The number of sulfonamides is 1. The van der Waals surface area contributed by atoms with Crippen molar-refractivity contribution in [3.63, 3.8) is 0 Å². The van der Waals surface area contributed by atoms with Crippen LogP contribution in [0, 0.1) is 11.6 Å². The first-order valence-corrected chi connectivity index (χ1v) is 10.8. The highest BCUT2D eigenvalue weighted by molar-refractivity contribution is 7.92. The number of ether oxygens (including phenoxy) is 1. The van der Waals surface area contributed by atoms with Crippen LogP contribution >= 0.6 is 11.6 Å². The molecule has 0 saturated heterocycles. The average molecular weight is 467 g/mol. The Labute approximate surface area is 182 Å². The maximum atomic E-state index is 13.3. The highest BCUT2D eigenvalue weighted by Gasteiger charge is 2.18. The molecule has 2 N–H and O–H groups in total. The summed E-state index contributed by atoms with van der Waals surface area (Å²) in [6.45, 7) is 1.58. The summed E-state index contributed by atoms with van der Waals surface area (Å²) in [5.74, 6) is -2.34. The number of rotatable bonds is 7. The first-order valence-electron chi connectivity index (χ1n) is 8.95. The minimum atomic E-state index is -4.11. The molecule has 0 aromatic heterocycles. The van der Waals surface area contributed by atoms with E-state index in [9.17, 15) is 22.0 Å². The highest BCUT2D eigenvalue weighted by atomic mass is 35.5. The lowest BCUT2D eigenvalue weighted by Gasteiger charge is -2.15. The average Bonchev–Trinajstić information content (AvgIpc) is 2.72. The zero-order valence-electron chi connectivity index (χ0n) is 16.1. The smallest absolute Gasteiger partial charge is 0.265 e. The standard InChI is InChI=1S/C21H17ClF2N2O4S/c1-13(30-17-8-2-14(22)3-9-17)21(27)25-15-4-6-16(7-5-15)26-31(28,29)18-10-11-19(23)20(24)12-18/h2-13,26H,1H3,(H,25,27).